The lowest BCUT2D eigenvalue weighted by atomic mass is 10.2. The van der Waals surface area contributed by atoms with E-state index in [0.29, 0.717) is 0 Å². The first-order valence-electron chi connectivity index (χ1n) is 5.01. The van der Waals surface area contributed by atoms with Crippen molar-refractivity contribution in [2.45, 2.75) is 13.8 Å². The van der Waals surface area contributed by atoms with Crippen LogP contribution in [0, 0.1) is 13.8 Å². The van der Waals surface area contributed by atoms with E-state index in [-0.39, 0.29) is 0 Å². The molecule has 0 amide bonds. The molecule has 0 atom stereocenters. The fraction of sp³-hybridized carbons (Fsp3) is 0.167. The van der Waals surface area contributed by atoms with Gasteiger partial charge in [-0.25, -0.2) is 9.78 Å². The van der Waals surface area contributed by atoms with E-state index >= 15 is 0 Å². The number of rotatable bonds is 3. The maximum atomic E-state index is 10.4. The predicted octanol–water partition coefficient (Wildman–Crippen LogP) is 3.59. The minimum atomic E-state index is -0.952. The predicted molar refractivity (Wildman–Crippen MR) is 71.6 cm³/mol. The number of carbonyl (C=O) groups is 1. The zero-order valence-corrected chi connectivity index (χ0v) is 11.1. The van der Waals surface area contributed by atoms with Gasteiger partial charge in [-0.15, -0.1) is 22.7 Å². The number of carboxylic acids is 1. The lowest BCUT2D eigenvalue weighted by molar-refractivity contribution is -0.131. The van der Waals surface area contributed by atoms with Gasteiger partial charge >= 0.3 is 5.97 Å². The summed E-state index contributed by atoms with van der Waals surface area (Å²) < 4.78 is 0. The molecule has 0 unspecified atom stereocenters. The van der Waals surface area contributed by atoms with Crippen LogP contribution < -0.4 is 0 Å². The van der Waals surface area contributed by atoms with Gasteiger partial charge in [-0.3, -0.25) is 0 Å². The van der Waals surface area contributed by atoms with Crippen LogP contribution in [-0.2, 0) is 4.79 Å². The van der Waals surface area contributed by atoms with Crippen molar-refractivity contribution in [3.05, 3.63) is 33.0 Å². The van der Waals surface area contributed by atoms with E-state index in [9.17, 15) is 4.79 Å². The fourth-order valence-electron chi connectivity index (χ4n) is 1.46. The number of nitrogens with zero attached hydrogens (tertiary/aromatic N) is 1. The lowest BCUT2D eigenvalue weighted by Crippen LogP contribution is -1.85. The van der Waals surface area contributed by atoms with Crippen molar-refractivity contribution >= 4 is 34.7 Å². The van der Waals surface area contributed by atoms with Crippen LogP contribution in [0.25, 0.3) is 16.6 Å². The quantitative estimate of drug-likeness (QED) is 0.863. The topological polar surface area (TPSA) is 50.2 Å². The Bertz CT molecular complexity index is 581. The minimum Gasteiger partial charge on any atom is -0.478 e. The van der Waals surface area contributed by atoms with E-state index < -0.39 is 5.97 Å². The molecular formula is C12H11NO2S2. The highest BCUT2D eigenvalue weighted by molar-refractivity contribution is 7.15. The molecular weight excluding hydrogens is 254 g/mol. The third-order valence-electron chi connectivity index (χ3n) is 2.26. The Morgan fingerprint density at radius 1 is 1.47 bits per heavy atom. The molecule has 0 bridgehead atoms. The molecule has 0 radical (unpaired) electrons. The van der Waals surface area contributed by atoms with Gasteiger partial charge < -0.3 is 5.11 Å². The Hall–Kier alpha value is -1.46. The summed E-state index contributed by atoms with van der Waals surface area (Å²) in [5.74, 6) is -0.952. The number of hydrogen-bond acceptors (Lipinski definition) is 4. The SMILES string of the molecule is Cc1ccsc1-c1nc(/C=C/C(=O)O)sc1C. The summed E-state index contributed by atoms with van der Waals surface area (Å²) in [5.41, 5.74) is 2.17. The molecule has 0 aliphatic heterocycles. The molecule has 2 rings (SSSR count). The summed E-state index contributed by atoms with van der Waals surface area (Å²) in [6.45, 7) is 4.06. The zero-order valence-electron chi connectivity index (χ0n) is 9.43. The van der Waals surface area contributed by atoms with Crippen LogP contribution in [0.2, 0.25) is 0 Å². The summed E-state index contributed by atoms with van der Waals surface area (Å²) in [4.78, 5) is 17.2. The standard InChI is InChI=1S/C12H11NO2S2/c1-7-5-6-16-12(7)11-8(2)17-9(13-11)3-4-10(14)15/h3-6H,1-2H3,(H,14,15)/b4-3+. The van der Waals surface area contributed by atoms with Crippen LogP contribution in [0.15, 0.2) is 17.5 Å². The Morgan fingerprint density at radius 2 is 2.24 bits per heavy atom. The molecule has 0 spiro atoms. The van der Waals surface area contributed by atoms with E-state index in [0.717, 1.165) is 26.5 Å². The molecule has 0 fully saturated rings. The Labute approximate surface area is 107 Å². The summed E-state index contributed by atoms with van der Waals surface area (Å²) in [6, 6.07) is 2.06. The number of carboxylic acid groups (broad SMARTS) is 1. The van der Waals surface area contributed by atoms with E-state index in [4.69, 9.17) is 5.11 Å². The highest BCUT2D eigenvalue weighted by Crippen LogP contribution is 2.33. The van der Waals surface area contributed by atoms with E-state index in [1.807, 2.05) is 12.3 Å². The first-order chi connectivity index (χ1) is 8.08. The van der Waals surface area contributed by atoms with Gasteiger partial charge in [0.15, 0.2) is 0 Å². The Morgan fingerprint density at radius 3 is 2.82 bits per heavy atom. The normalized spacial score (nSPS) is 11.2. The maximum Gasteiger partial charge on any atom is 0.328 e. The van der Waals surface area contributed by atoms with Crippen LogP contribution in [0.1, 0.15) is 15.4 Å². The van der Waals surface area contributed by atoms with Crippen LogP contribution in [0.4, 0.5) is 0 Å². The van der Waals surface area contributed by atoms with Gasteiger partial charge in [-0.2, -0.15) is 0 Å². The fourth-order valence-corrected chi connectivity index (χ4v) is 3.33. The highest BCUT2D eigenvalue weighted by Gasteiger charge is 2.11. The van der Waals surface area contributed by atoms with Crippen molar-refractivity contribution in [1.29, 1.82) is 0 Å². The molecule has 88 valence electrons. The molecule has 0 aliphatic rings. The van der Waals surface area contributed by atoms with Gasteiger partial charge in [0.2, 0.25) is 0 Å². The molecule has 1 N–H and O–H groups in total. The van der Waals surface area contributed by atoms with Gasteiger partial charge in [0.25, 0.3) is 0 Å². The molecule has 2 aromatic heterocycles. The number of aliphatic carboxylic acids is 1. The molecule has 0 saturated carbocycles. The molecule has 3 nitrogen and oxygen atoms in total. The molecule has 17 heavy (non-hydrogen) atoms. The van der Waals surface area contributed by atoms with E-state index in [1.54, 1.807) is 11.3 Å². The minimum absolute atomic E-state index is 0.729. The van der Waals surface area contributed by atoms with Crippen LogP contribution in [0.3, 0.4) is 0 Å². The monoisotopic (exact) mass is 265 g/mol. The summed E-state index contributed by atoms with van der Waals surface area (Å²) >= 11 is 3.17. The van der Waals surface area contributed by atoms with Crippen molar-refractivity contribution in [3.8, 4) is 10.6 Å². The highest BCUT2D eigenvalue weighted by atomic mass is 32.1. The van der Waals surface area contributed by atoms with E-state index in [2.05, 4.69) is 18.0 Å². The van der Waals surface area contributed by atoms with Crippen molar-refractivity contribution in [3.63, 3.8) is 0 Å². The zero-order chi connectivity index (χ0) is 12.4. The molecule has 2 heterocycles. The second kappa shape index (κ2) is 4.81. The molecule has 0 aliphatic carbocycles. The first kappa shape index (κ1) is 12.0. The second-order valence-corrected chi connectivity index (χ2v) is 5.71. The third-order valence-corrected chi connectivity index (χ3v) is 4.22. The number of thiazole rings is 1. The largest absolute Gasteiger partial charge is 0.478 e. The van der Waals surface area contributed by atoms with Gasteiger partial charge in [-0.05, 0) is 36.9 Å². The van der Waals surface area contributed by atoms with Gasteiger partial charge in [0.05, 0.1) is 10.6 Å². The number of hydrogen-bond donors (Lipinski definition) is 1. The van der Waals surface area contributed by atoms with Gasteiger partial charge in [0, 0.05) is 11.0 Å². The van der Waals surface area contributed by atoms with Gasteiger partial charge in [-0.1, -0.05) is 0 Å². The second-order valence-electron chi connectivity index (χ2n) is 3.56. The Balaban J connectivity index is 2.38. The number of aryl methyl sites for hydroxylation is 2. The van der Waals surface area contributed by atoms with Crippen LogP contribution in [0.5, 0.6) is 0 Å². The van der Waals surface area contributed by atoms with Crippen molar-refractivity contribution in [2.75, 3.05) is 0 Å². The lowest BCUT2D eigenvalue weighted by Gasteiger charge is -1.95. The maximum absolute atomic E-state index is 10.4. The van der Waals surface area contributed by atoms with E-state index in [1.165, 1.54) is 23.0 Å². The molecule has 5 heteroatoms. The average molecular weight is 265 g/mol. The Kier molecular flexibility index (Phi) is 3.40. The first-order valence-corrected chi connectivity index (χ1v) is 6.70. The van der Waals surface area contributed by atoms with Gasteiger partial charge in [0.1, 0.15) is 5.01 Å². The number of thiophene rings is 1. The number of aromatic nitrogens is 1. The smallest absolute Gasteiger partial charge is 0.328 e. The molecule has 0 saturated heterocycles. The van der Waals surface area contributed by atoms with Crippen molar-refractivity contribution < 1.29 is 9.90 Å². The van der Waals surface area contributed by atoms with Crippen molar-refractivity contribution in [2.24, 2.45) is 0 Å². The molecule has 2 aromatic rings. The third kappa shape index (κ3) is 2.62. The summed E-state index contributed by atoms with van der Waals surface area (Å²) in [5, 5.41) is 11.3. The average Bonchev–Trinajstić information content (AvgIpc) is 2.81. The molecule has 0 aromatic carbocycles. The summed E-state index contributed by atoms with van der Waals surface area (Å²) in [6.07, 6.45) is 2.65. The van der Waals surface area contributed by atoms with Crippen LogP contribution >= 0.6 is 22.7 Å². The van der Waals surface area contributed by atoms with Crippen LogP contribution in [-0.4, -0.2) is 16.1 Å². The van der Waals surface area contributed by atoms with Crippen molar-refractivity contribution in [1.82, 2.24) is 4.98 Å². The summed E-state index contributed by atoms with van der Waals surface area (Å²) in [7, 11) is 0.